The lowest BCUT2D eigenvalue weighted by molar-refractivity contribution is 0.0980. The Kier molecular flexibility index (Phi) is 4.94. The number of benzene rings is 1. The van der Waals surface area contributed by atoms with Gasteiger partial charge in [-0.1, -0.05) is 53.5 Å². The van der Waals surface area contributed by atoms with Crippen molar-refractivity contribution in [1.82, 2.24) is 4.98 Å². The number of Topliss-reactive ketones (excluding diaryl/α,β-unsaturated/α-hetero) is 1. The molecule has 2 aromatic rings. The molecular formula is C15H13Cl2NO. The Bertz CT molecular complexity index is 549. The van der Waals surface area contributed by atoms with Gasteiger partial charge in [-0.15, -0.1) is 0 Å². The van der Waals surface area contributed by atoms with Gasteiger partial charge in [0.15, 0.2) is 5.78 Å². The van der Waals surface area contributed by atoms with E-state index in [1.54, 1.807) is 12.1 Å². The number of carbonyl (C=O) groups is 1. The lowest BCUT2D eigenvalue weighted by Crippen LogP contribution is -2.01. The van der Waals surface area contributed by atoms with Gasteiger partial charge in [-0.25, -0.2) is 4.98 Å². The van der Waals surface area contributed by atoms with Gasteiger partial charge >= 0.3 is 0 Å². The molecule has 0 amide bonds. The molecule has 1 aromatic heterocycles. The van der Waals surface area contributed by atoms with Crippen LogP contribution in [0, 0.1) is 0 Å². The van der Waals surface area contributed by atoms with E-state index in [1.807, 2.05) is 18.2 Å². The van der Waals surface area contributed by atoms with E-state index in [9.17, 15) is 4.79 Å². The van der Waals surface area contributed by atoms with Gasteiger partial charge in [0.25, 0.3) is 0 Å². The van der Waals surface area contributed by atoms with Gasteiger partial charge in [0.1, 0.15) is 10.3 Å². The average molecular weight is 294 g/mol. The van der Waals surface area contributed by atoms with E-state index in [0.29, 0.717) is 12.0 Å². The minimum atomic E-state index is 0.0436. The molecule has 4 heteroatoms. The fourth-order valence-electron chi connectivity index (χ4n) is 1.87. The number of nitrogens with zero attached hydrogens (tertiary/aromatic N) is 1. The highest BCUT2D eigenvalue weighted by Gasteiger charge is 2.08. The molecule has 98 valence electrons. The first-order valence-corrected chi connectivity index (χ1v) is 6.81. The number of hydrogen-bond donors (Lipinski definition) is 0. The largest absolute Gasteiger partial charge is 0.294 e. The first-order chi connectivity index (χ1) is 9.15. The number of ketones is 1. The van der Waals surface area contributed by atoms with Crippen LogP contribution in [0.2, 0.25) is 10.3 Å². The number of aromatic nitrogens is 1. The molecule has 0 bridgehead atoms. The number of halogens is 2. The molecule has 0 unspecified atom stereocenters. The summed E-state index contributed by atoms with van der Waals surface area (Å²) in [6, 6.07) is 13.2. The topological polar surface area (TPSA) is 30.0 Å². The molecule has 2 nitrogen and oxygen atoms in total. The van der Waals surface area contributed by atoms with E-state index in [-0.39, 0.29) is 16.1 Å². The molecular weight excluding hydrogens is 281 g/mol. The standard InChI is InChI=1S/C15H13Cl2NO/c16-14-9-12(10-15(17)18-14)13(19)8-4-7-11-5-2-1-3-6-11/h1-3,5-6,9-10H,4,7-8H2. The molecule has 0 saturated heterocycles. The molecule has 0 radical (unpaired) electrons. The van der Waals surface area contributed by atoms with Gasteiger partial charge in [-0.05, 0) is 30.5 Å². The smallest absolute Gasteiger partial charge is 0.163 e. The van der Waals surface area contributed by atoms with Crippen LogP contribution in [0.3, 0.4) is 0 Å². The van der Waals surface area contributed by atoms with Crippen molar-refractivity contribution in [1.29, 1.82) is 0 Å². The van der Waals surface area contributed by atoms with Crippen LogP contribution in [-0.2, 0) is 6.42 Å². The lowest BCUT2D eigenvalue weighted by atomic mass is 10.0. The van der Waals surface area contributed by atoms with E-state index >= 15 is 0 Å². The van der Waals surface area contributed by atoms with Gasteiger partial charge in [-0.3, -0.25) is 4.79 Å². The predicted molar refractivity (Wildman–Crippen MR) is 78.0 cm³/mol. The quantitative estimate of drug-likeness (QED) is 0.596. The molecule has 0 fully saturated rings. The Morgan fingerprint density at radius 2 is 1.68 bits per heavy atom. The Morgan fingerprint density at radius 1 is 1.05 bits per heavy atom. The highest BCUT2D eigenvalue weighted by Crippen LogP contribution is 2.17. The van der Waals surface area contributed by atoms with E-state index in [2.05, 4.69) is 17.1 Å². The monoisotopic (exact) mass is 293 g/mol. The summed E-state index contributed by atoms with van der Waals surface area (Å²) in [6.45, 7) is 0. The van der Waals surface area contributed by atoms with Gasteiger partial charge in [0.2, 0.25) is 0 Å². The first kappa shape index (κ1) is 14.0. The van der Waals surface area contributed by atoms with Crippen molar-refractivity contribution in [2.75, 3.05) is 0 Å². The summed E-state index contributed by atoms with van der Waals surface area (Å²) < 4.78 is 0. The normalized spacial score (nSPS) is 10.4. The number of rotatable bonds is 5. The van der Waals surface area contributed by atoms with Crippen LogP contribution in [-0.4, -0.2) is 10.8 Å². The van der Waals surface area contributed by atoms with Crippen molar-refractivity contribution >= 4 is 29.0 Å². The van der Waals surface area contributed by atoms with Crippen LogP contribution in [0.5, 0.6) is 0 Å². The summed E-state index contributed by atoms with van der Waals surface area (Å²) in [5, 5.41) is 0.498. The summed E-state index contributed by atoms with van der Waals surface area (Å²) in [4.78, 5) is 15.8. The maximum Gasteiger partial charge on any atom is 0.163 e. The highest BCUT2D eigenvalue weighted by molar-refractivity contribution is 6.33. The zero-order valence-electron chi connectivity index (χ0n) is 10.3. The van der Waals surface area contributed by atoms with Gasteiger partial charge in [0.05, 0.1) is 0 Å². The van der Waals surface area contributed by atoms with Crippen molar-refractivity contribution in [3.8, 4) is 0 Å². The molecule has 1 aromatic carbocycles. The maximum atomic E-state index is 12.0. The number of aryl methyl sites for hydroxylation is 1. The molecule has 0 aliphatic rings. The van der Waals surface area contributed by atoms with Crippen LogP contribution in [0.15, 0.2) is 42.5 Å². The molecule has 0 saturated carbocycles. The Hall–Kier alpha value is -1.38. The molecule has 19 heavy (non-hydrogen) atoms. The van der Waals surface area contributed by atoms with E-state index in [4.69, 9.17) is 23.2 Å². The summed E-state index contributed by atoms with van der Waals surface area (Å²) in [5.74, 6) is 0.0436. The molecule has 0 aliphatic heterocycles. The molecule has 1 heterocycles. The second kappa shape index (κ2) is 6.69. The first-order valence-electron chi connectivity index (χ1n) is 6.05. The van der Waals surface area contributed by atoms with Crippen molar-refractivity contribution in [3.05, 3.63) is 63.9 Å². The second-order valence-electron chi connectivity index (χ2n) is 4.26. The Morgan fingerprint density at radius 3 is 2.32 bits per heavy atom. The summed E-state index contributed by atoms with van der Waals surface area (Å²) in [7, 11) is 0. The van der Waals surface area contributed by atoms with Gasteiger partial charge < -0.3 is 0 Å². The number of pyridine rings is 1. The zero-order valence-corrected chi connectivity index (χ0v) is 11.8. The zero-order chi connectivity index (χ0) is 13.7. The second-order valence-corrected chi connectivity index (χ2v) is 5.04. The summed E-state index contributed by atoms with van der Waals surface area (Å²) in [6.07, 6.45) is 2.17. The van der Waals surface area contributed by atoms with Crippen LogP contribution < -0.4 is 0 Å². The third-order valence-electron chi connectivity index (χ3n) is 2.80. The third-order valence-corrected chi connectivity index (χ3v) is 3.18. The van der Waals surface area contributed by atoms with Crippen molar-refractivity contribution < 1.29 is 4.79 Å². The van der Waals surface area contributed by atoms with E-state index in [1.165, 1.54) is 5.56 Å². The summed E-state index contributed by atoms with van der Waals surface area (Å²) >= 11 is 11.6. The average Bonchev–Trinajstić information content (AvgIpc) is 2.38. The molecule has 2 rings (SSSR count). The van der Waals surface area contributed by atoms with Gasteiger partial charge in [0, 0.05) is 12.0 Å². The highest BCUT2D eigenvalue weighted by atomic mass is 35.5. The van der Waals surface area contributed by atoms with Gasteiger partial charge in [-0.2, -0.15) is 0 Å². The predicted octanol–water partition coefficient (Wildman–Crippen LogP) is 4.59. The minimum absolute atomic E-state index is 0.0436. The summed E-state index contributed by atoms with van der Waals surface area (Å²) in [5.41, 5.74) is 1.76. The fraction of sp³-hybridized carbons (Fsp3) is 0.200. The number of carbonyl (C=O) groups excluding carboxylic acids is 1. The van der Waals surface area contributed by atoms with Crippen molar-refractivity contribution in [2.45, 2.75) is 19.3 Å². The Balaban J connectivity index is 1.91. The van der Waals surface area contributed by atoms with Crippen LogP contribution in [0.25, 0.3) is 0 Å². The van der Waals surface area contributed by atoms with Crippen LogP contribution in [0.4, 0.5) is 0 Å². The Labute approximate surface area is 122 Å². The fourth-order valence-corrected chi connectivity index (χ4v) is 2.33. The SMILES string of the molecule is O=C(CCCc1ccccc1)c1cc(Cl)nc(Cl)c1. The molecule has 0 spiro atoms. The maximum absolute atomic E-state index is 12.0. The van der Waals surface area contributed by atoms with Crippen molar-refractivity contribution in [2.24, 2.45) is 0 Å². The molecule has 0 N–H and O–H groups in total. The van der Waals surface area contributed by atoms with Crippen LogP contribution in [0.1, 0.15) is 28.8 Å². The molecule has 0 atom stereocenters. The van der Waals surface area contributed by atoms with E-state index in [0.717, 1.165) is 12.8 Å². The lowest BCUT2D eigenvalue weighted by Gasteiger charge is -2.03. The van der Waals surface area contributed by atoms with E-state index < -0.39 is 0 Å². The minimum Gasteiger partial charge on any atom is -0.294 e. The molecule has 0 aliphatic carbocycles. The number of hydrogen-bond acceptors (Lipinski definition) is 2. The van der Waals surface area contributed by atoms with Crippen LogP contribution >= 0.6 is 23.2 Å². The van der Waals surface area contributed by atoms with Crippen molar-refractivity contribution in [3.63, 3.8) is 0 Å². The third kappa shape index (κ3) is 4.34.